The molecule has 0 bridgehead atoms. The first kappa shape index (κ1) is 14.2. The molecular weight excluding hydrogens is 268 g/mol. The molecule has 0 heterocycles. The molecule has 2 aromatic carbocycles. The second-order valence-corrected chi connectivity index (χ2v) is 5.72. The Morgan fingerprint density at radius 1 is 1.00 bits per heavy atom. The predicted molar refractivity (Wildman–Crippen MR) is 80.3 cm³/mol. The third kappa shape index (κ3) is 3.48. The summed E-state index contributed by atoms with van der Waals surface area (Å²) >= 11 is 0. The van der Waals surface area contributed by atoms with E-state index in [4.69, 9.17) is 0 Å². The van der Waals surface area contributed by atoms with Crippen LogP contribution in [0.1, 0.15) is 29.9 Å². The number of benzene rings is 2. The number of nitrogens with one attached hydrogen (secondary N) is 1. The van der Waals surface area contributed by atoms with E-state index in [-0.39, 0.29) is 11.6 Å². The third-order valence-electron chi connectivity index (χ3n) is 4.24. The molecule has 1 aliphatic carbocycles. The lowest BCUT2D eigenvalue weighted by molar-refractivity contribution is 0.292. The topological polar surface area (TPSA) is 12.0 Å². The van der Waals surface area contributed by atoms with Gasteiger partial charge in [0.1, 0.15) is 11.6 Å². The number of halogens is 2. The molecule has 3 rings (SSSR count). The fraction of sp³-hybridized carbons (Fsp3) is 0.333. The Morgan fingerprint density at radius 3 is 2.57 bits per heavy atom. The lowest BCUT2D eigenvalue weighted by Crippen LogP contribution is -2.41. The molecule has 3 heteroatoms. The van der Waals surface area contributed by atoms with E-state index in [1.54, 1.807) is 18.2 Å². The maximum Gasteiger partial charge on any atom is 0.126 e. The minimum Gasteiger partial charge on any atom is -0.314 e. The first-order chi connectivity index (χ1) is 10.2. The molecule has 1 N–H and O–H groups in total. The predicted octanol–water partition coefficient (Wildman–Crippen LogP) is 4.04. The van der Waals surface area contributed by atoms with Crippen LogP contribution >= 0.6 is 0 Å². The van der Waals surface area contributed by atoms with Gasteiger partial charge in [-0.15, -0.1) is 0 Å². The van der Waals surface area contributed by atoms with Gasteiger partial charge in [0.25, 0.3) is 0 Å². The SMILES string of the molecule is Fc1cccc(C2CC(NCCc3ccccc3F)C2)c1. The quantitative estimate of drug-likeness (QED) is 0.875. The van der Waals surface area contributed by atoms with E-state index in [2.05, 4.69) is 5.32 Å². The van der Waals surface area contributed by atoms with Gasteiger partial charge in [-0.05, 0) is 61.1 Å². The second kappa shape index (κ2) is 6.35. The van der Waals surface area contributed by atoms with Crippen LogP contribution in [0.4, 0.5) is 8.78 Å². The van der Waals surface area contributed by atoms with Crippen LogP contribution in [-0.4, -0.2) is 12.6 Å². The molecule has 0 spiro atoms. The summed E-state index contributed by atoms with van der Waals surface area (Å²) in [6.07, 6.45) is 2.76. The molecule has 0 aromatic heterocycles. The van der Waals surface area contributed by atoms with E-state index >= 15 is 0 Å². The van der Waals surface area contributed by atoms with Crippen molar-refractivity contribution in [2.75, 3.05) is 6.54 Å². The van der Waals surface area contributed by atoms with Gasteiger partial charge in [-0.1, -0.05) is 30.3 Å². The molecule has 0 aliphatic heterocycles. The highest BCUT2D eigenvalue weighted by molar-refractivity contribution is 5.24. The third-order valence-corrected chi connectivity index (χ3v) is 4.24. The highest BCUT2D eigenvalue weighted by Crippen LogP contribution is 2.36. The van der Waals surface area contributed by atoms with Crippen molar-refractivity contribution in [2.24, 2.45) is 0 Å². The van der Waals surface area contributed by atoms with Crippen molar-refractivity contribution in [1.82, 2.24) is 5.32 Å². The first-order valence-electron chi connectivity index (χ1n) is 7.44. The van der Waals surface area contributed by atoms with E-state index in [9.17, 15) is 8.78 Å². The average molecular weight is 287 g/mol. The van der Waals surface area contributed by atoms with Gasteiger partial charge in [-0.2, -0.15) is 0 Å². The fourth-order valence-electron chi connectivity index (χ4n) is 2.93. The van der Waals surface area contributed by atoms with Crippen molar-refractivity contribution in [3.05, 3.63) is 71.3 Å². The van der Waals surface area contributed by atoms with Crippen LogP contribution in [0.5, 0.6) is 0 Å². The zero-order valence-electron chi connectivity index (χ0n) is 11.9. The summed E-state index contributed by atoms with van der Waals surface area (Å²) in [6, 6.07) is 14.2. The van der Waals surface area contributed by atoms with Gasteiger partial charge in [0.15, 0.2) is 0 Å². The summed E-state index contributed by atoms with van der Waals surface area (Å²) in [5.41, 5.74) is 1.84. The smallest absolute Gasteiger partial charge is 0.126 e. The molecule has 1 fully saturated rings. The molecule has 1 nitrogen and oxygen atoms in total. The van der Waals surface area contributed by atoms with E-state index in [0.717, 1.165) is 30.5 Å². The molecule has 0 atom stereocenters. The van der Waals surface area contributed by atoms with Gasteiger partial charge >= 0.3 is 0 Å². The standard InChI is InChI=1S/C18H19F2N/c19-16-6-3-5-14(10-16)15-11-17(12-15)21-9-8-13-4-1-2-7-18(13)20/h1-7,10,15,17,21H,8-9,11-12H2. The van der Waals surface area contributed by atoms with Crippen molar-refractivity contribution < 1.29 is 8.78 Å². The Hall–Kier alpha value is -1.74. The lowest BCUT2D eigenvalue weighted by atomic mass is 9.76. The van der Waals surface area contributed by atoms with Crippen LogP contribution < -0.4 is 5.32 Å². The molecular formula is C18H19F2N. The Kier molecular flexibility index (Phi) is 4.30. The molecule has 0 radical (unpaired) electrons. The van der Waals surface area contributed by atoms with Gasteiger partial charge in [-0.3, -0.25) is 0 Å². The summed E-state index contributed by atoms with van der Waals surface area (Å²) in [6.45, 7) is 0.779. The van der Waals surface area contributed by atoms with Crippen molar-refractivity contribution in [3.8, 4) is 0 Å². The van der Waals surface area contributed by atoms with Crippen molar-refractivity contribution in [2.45, 2.75) is 31.2 Å². The van der Waals surface area contributed by atoms with Gasteiger partial charge in [0, 0.05) is 6.04 Å². The Balaban J connectivity index is 1.42. The van der Waals surface area contributed by atoms with Crippen LogP contribution in [0.3, 0.4) is 0 Å². The lowest BCUT2D eigenvalue weighted by Gasteiger charge is -2.36. The van der Waals surface area contributed by atoms with Crippen LogP contribution in [0.25, 0.3) is 0 Å². The number of hydrogen-bond donors (Lipinski definition) is 1. The summed E-state index contributed by atoms with van der Waals surface area (Å²) in [5, 5.41) is 3.45. The van der Waals surface area contributed by atoms with Crippen LogP contribution in [-0.2, 0) is 6.42 Å². The summed E-state index contributed by atoms with van der Waals surface area (Å²) in [7, 11) is 0. The van der Waals surface area contributed by atoms with Gasteiger partial charge in [-0.25, -0.2) is 8.78 Å². The highest BCUT2D eigenvalue weighted by atomic mass is 19.1. The minimum atomic E-state index is -0.163. The highest BCUT2D eigenvalue weighted by Gasteiger charge is 2.29. The van der Waals surface area contributed by atoms with Crippen molar-refractivity contribution in [3.63, 3.8) is 0 Å². The second-order valence-electron chi connectivity index (χ2n) is 5.72. The molecule has 1 saturated carbocycles. The summed E-state index contributed by atoms with van der Waals surface area (Å²) in [5.74, 6) is 0.153. The molecule has 21 heavy (non-hydrogen) atoms. The van der Waals surface area contributed by atoms with E-state index in [0.29, 0.717) is 18.4 Å². The zero-order valence-corrected chi connectivity index (χ0v) is 11.9. The van der Waals surface area contributed by atoms with Crippen molar-refractivity contribution >= 4 is 0 Å². The number of hydrogen-bond acceptors (Lipinski definition) is 1. The molecule has 0 saturated heterocycles. The minimum absolute atomic E-state index is 0.134. The zero-order chi connectivity index (χ0) is 14.7. The van der Waals surface area contributed by atoms with Gasteiger partial charge in [0.05, 0.1) is 0 Å². The van der Waals surface area contributed by atoms with Crippen LogP contribution in [0.2, 0.25) is 0 Å². The fourth-order valence-corrected chi connectivity index (χ4v) is 2.93. The molecule has 110 valence electrons. The van der Waals surface area contributed by atoms with Gasteiger partial charge in [0.2, 0.25) is 0 Å². The Bertz CT molecular complexity index is 606. The number of rotatable bonds is 5. The largest absolute Gasteiger partial charge is 0.314 e. The average Bonchev–Trinajstić information content (AvgIpc) is 2.43. The molecule has 0 amide bonds. The van der Waals surface area contributed by atoms with Crippen molar-refractivity contribution in [1.29, 1.82) is 0 Å². The summed E-state index contributed by atoms with van der Waals surface area (Å²) < 4.78 is 26.6. The van der Waals surface area contributed by atoms with Crippen LogP contribution in [0, 0.1) is 11.6 Å². The molecule has 0 unspecified atom stereocenters. The Morgan fingerprint density at radius 2 is 1.81 bits per heavy atom. The summed E-state index contributed by atoms with van der Waals surface area (Å²) in [4.78, 5) is 0. The normalized spacial score (nSPS) is 21.0. The van der Waals surface area contributed by atoms with E-state index in [1.807, 2.05) is 18.2 Å². The monoisotopic (exact) mass is 287 g/mol. The maximum atomic E-state index is 13.5. The Labute approximate surface area is 124 Å². The van der Waals surface area contributed by atoms with Gasteiger partial charge < -0.3 is 5.32 Å². The first-order valence-corrected chi connectivity index (χ1v) is 7.44. The van der Waals surface area contributed by atoms with E-state index in [1.165, 1.54) is 12.1 Å². The van der Waals surface area contributed by atoms with E-state index < -0.39 is 0 Å². The van der Waals surface area contributed by atoms with Crippen LogP contribution in [0.15, 0.2) is 48.5 Å². The molecule has 1 aliphatic rings. The molecule has 2 aromatic rings. The maximum absolute atomic E-state index is 13.5.